The average Bonchev–Trinajstić information content (AvgIpc) is 3.46. The number of hydrogen-bond acceptors (Lipinski definition) is 8. The van der Waals surface area contributed by atoms with Gasteiger partial charge in [-0.1, -0.05) is 44.0 Å². The van der Waals surface area contributed by atoms with E-state index in [0.717, 1.165) is 31.5 Å². The molecule has 1 saturated carbocycles. The molecule has 1 aliphatic carbocycles. The maximum atomic E-state index is 13.0. The minimum atomic E-state index is -0.748. The summed E-state index contributed by atoms with van der Waals surface area (Å²) in [6, 6.07) is 4.41. The van der Waals surface area contributed by atoms with Crippen LogP contribution in [0.5, 0.6) is 0 Å². The summed E-state index contributed by atoms with van der Waals surface area (Å²) in [6.45, 7) is 2.22. The molecule has 0 bridgehead atoms. The number of rotatable bonds is 9. The Morgan fingerprint density at radius 1 is 1.27 bits per heavy atom. The van der Waals surface area contributed by atoms with Gasteiger partial charge in [-0.05, 0) is 30.7 Å². The molecule has 0 spiro atoms. The number of H-pyrrole nitrogens is 1. The van der Waals surface area contributed by atoms with E-state index in [1.165, 1.54) is 27.6 Å². The third-order valence-corrected chi connectivity index (χ3v) is 7.70. The Balaban J connectivity index is 1.59. The molecule has 3 N–H and O–H groups in total. The zero-order valence-corrected chi connectivity index (χ0v) is 20.2. The lowest BCUT2D eigenvalue weighted by molar-refractivity contribution is 0.102. The lowest BCUT2D eigenvalue weighted by Crippen LogP contribution is -2.36. The molecule has 0 saturated heterocycles. The van der Waals surface area contributed by atoms with Gasteiger partial charge < -0.3 is 10.3 Å². The Morgan fingerprint density at radius 2 is 2.06 bits per heavy atom. The standard InChI is InChI=1S/C22H28N6O3S2/c1-2-10-27-19(23)18(20(30)24-21(27)31)16(29)13-33-22-26-25-17(12-15-9-6-11-32-15)28(22)14-7-4-3-5-8-14/h6,9,11,14H,2-5,7-8,10,12-13,23H2,1H3,(H,24,30,31). The van der Waals surface area contributed by atoms with Gasteiger partial charge in [0.05, 0.1) is 5.75 Å². The Bertz CT molecular complexity index is 1220. The number of anilines is 1. The highest BCUT2D eigenvalue weighted by molar-refractivity contribution is 7.99. The molecule has 11 heteroatoms. The zero-order chi connectivity index (χ0) is 23.4. The van der Waals surface area contributed by atoms with Gasteiger partial charge in [0.1, 0.15) is 17.2 Å². The van der Waals surface area contributed by atoms with Crippen molar-refractivity contribution in [3.8, 4) is 0 Å². The summed E-state index contributed by atoms with van der Waals surface area (Å²) in [7, 11) is 0. The molecule has 0 unspecified atom stereocenters. The summed E-state index contributed by atoms with van der Waals surface area (Å²) in [4.78, 5) is 40.8. The van der Waals surface area contributed by atoms with Crippen molar-refractivity contribution in [3.05, 3.63) is 54.6 Å². The van der Waals surface area contributed by atoms with E-state index >= 15 is 0 Å². The summed E-state index contributed by atoms with van der Waals surface area (Å²) in [5.41, 5.74) is 4.53. The monoisotopic (exact) mass is 488 g/mol. The molecular formula is C22H28N6O3S2. The number of carbonyl (C=O) groups excluding carboxylic acids is 1. The SMILES string of the molecule is CCCn1c(N)c(C(=O)CSc2nnc(Cc3cccs3)n2C2CCCCC2)c(=O)[nH]c1=O. The Labute approximate surface area is 199 Å². The second-order valence-corrected chi connectivity index (χ2v) is 10.2. The minimum Gasteiger partial charge on any atom is -0.384 e. The maximum Gasteiger partial charge on any atom is 0.329 e. The number of aromatic amines is 1. The quantitative estimate of drug-likeness (QED) is 0.349. The number of aromatic nitrogens is 5. The van der Waals surface area contributed by atoms with Gasteiger partial charge >= 0.3 is 5.69 Å². The van der Waals surface area contributed by atoms with Gasteiger partial charge in [-0.3, -0.25) is 19.1 Å². The van der Waals surface area contributed by atoms with Crippen LogP contribution in [0.2, 0.25) is 0 Å². The molecule has 3 heterocycles. The summed E-state index contributed by atoms with van der Waals surface area (Å²) >= 11 is 2.95. The van der Waals surface area contributed by atoms with Crippen molar-refractivity contribution in [3.63, 3.8) is 0 Å². The molecule has 3 aromatic heterocycles. The van der Waals surface area contributed by atoms with E-state index in [0.29, 0.717) is 30.6 Å². The molecule has 1 fully saturated rings. The number of nitrogens with two attached hydrogens (primary N) is 1. The maximum absolute atomic E-state index is 13.0. The van der Waals surface area contributed by atoms with Crippen LogP contribution < -0.4 is 17.0 Å². The number of thiophene rings is 1. The first-order valence-corrected chi connectivity index (χ1v) is 13.1. The van der Waals surface area contributed by atoms with Crippen LogP contribution in [-0.2, 0) is 13.0 Å². The first-order chi connectivity index (χ1) is 16.0. The normalized spacial score (nSPS) is 14.6. The van der Waals surface area contributed by atoms with Gasteiger partial charge in [0.15, 0.2) is 10.9 Å². The number of ketones is 1. The summed E-state index contributed by atoms with van der Waals surface area (Å²) in [5, 5.41) is 11.6. The lowest BCUT2D eigenvalue weighted by Gasteiger charge is -2.25. The fraction of sp³-hybridized carbons (Fsp3) is 0.500. The van der Waals surface area contributed by atoms with Gasteiger partial charge in [0.2, 0.25) is 0 Å². The van der Waals surface area contributed by atoms with Crippen LogP contribution >= 0.6 is 23.1 Å². The van der Waals surface area contributed by atoms with E-state index < -0.39 is 17.0 Å². The predicted molar refractivity (Wildman–Crippen MR) is 130 cm³/mol. The number of hydrogen-bond donors (Lipinski definition) is 2. The minimum absolute atomic E-state index is 0.0124. The third-order valence-electron chi connectivity index (χ3n) is 5.89. The van der Waals surface area contributed by atoms with Crippen molar-refractivity contribution in [1.82, 2.24) is 24.3 Å². The van der Waals surface area contributed by atoms with Crippen LogP contribution in [-0.4, -0.2) is 35.9 Å². The van der Waals surface area contributed by atoms with Gasteiger partial charge in [-0.2, -0.15) is 0 Å². The number of nitrogen functional groups attached to an aromatic ring is 1. The number of carbonyl (C=O) groups is 1. The second-order valence-electron chi connectivity index (χ2n) is 8.20. The van der Waals surface area contributed by atoms with Crippen molar-refractivity contribution in [2.75, 3.05) is 11.5 Å². The van der Waals surface area contributed by atoms with E-state index in [9.17, 15) is 14.4 Å². The summed E-state index contributed by atoms with van der Waals surface area (Å²) in [5.74, 6) is 0.375. The molecule has 0 amide bonds. The van der Waals surface area contributed by atoms with Crippen LogP contribution in [0.15, 0.2) is 32.3 Å². The van der Waals surface area contributed by atoms with E-state index in [-0.39, 0.29) is 17.1 Å². The van der Waals surface area contributed by atoms with Crippen molar-refractivity contribution in [1.29, 1.82) is 0 Å². The first kappa shape index (κ1) is 23.5. The van der Waals surface area contributed by atoms with Crippen LogP contribution in [0.1, 0.15) is 72.6 Å². The van der Waals surface area contributed by atoms with Crippen LogP contribution in [0.3, 0.4) is 0 Å². The van der Waals surface area contributed by atoms with Crippen LogP contribution in [0, 0.1) is 0 Å². The van der Waals surface area contributed by atoms with Crippen molar-refractivity contribution in [2.24, 2.45) is 0 Å². The molecule has 0 radical (unpaired) electrons. The number of thioether (sulfide) groups is 1. The van der Waals surface area contributed by atoms with Crippen molar-refractivity contribution >= 4 is 34.7 Å². The molecule has 4 rings (SSSR count). The molecule has 33 heavy (non-hydrogen) atoms. The third kappa shape index (κ3) is 5.14. The topological polar surface area (TPSA) is 129 Å². The summed E-state index contributed by atoms with van der Waals surface area (Å²) in [6.07, 6.45) is 7.03. The first-order valence-electron chi connectivity index (χ1n) is 11.2. The highest BCUT2D eigenvalue weighted by Gasteiger charge is 2.25. The number of Topliss-reactive ketones (excluding diaryl/α,β-unsaturated/α-hetero) is 1. The Kier molecular flexibility index (Phi) is 7.49. The Hall–Kier alpha value is -2.66. The van der Waals surface area contributed by atoms with Crippen molar-refractivity contribution in [2.45, 2.75) is 69.6 Å². The summed E-state index contributed by atoms with van der Waals surface area (Å²) < 4.78 is 3.42. The van der Waals surface area contributed by atoms with E-state index in [4.69, 9.17) is 5.73 Å². The van der Waals surface area contributed by atoms with E-state index in [1.807, 2.05) is 18.4 Å². The second kappa shape index (κ2) is 10.5. The molecule has 9 nitrogen and oxygen atoms in total. The van der Waals surface area contributed by atoms with E-state index in [1.54, 1.807) is 11.3 Å². The fourth-order valence-electron chi connectivity index (χ4n) is 4.31. The smallest absolute Gasteiger partial charge is 0.329 e. The number of nitrogens with zero attached hydrogens (tertiary/aromatic N) is 4. The highest BCUT2D eigenvalue weighted by atomic mass is 32.2. The average molecular weight is 489 g/mol. The van der Waals surface area contributed by atoms with Gasteiger partial charge in [-0.25, -0.2) is 4.79 Å². The highest BCUT2D eigenvalue weighted by Crippen LogP contribution is 2.33. The molecule has 0 aliphatic heterocycles. The Morgan fingerprint density at radius 3 is 2.76 bits per heavy atom. The van der Waals surface area contributed by atoms with E-state index in [2.05, 4.69) is 25.8 Å². The predicted octanol–water partition coefficient (Wildman–Crippen LogP) is 3.25. The molecule has 0 atom stereocenters. The van der Waals surface area contributed by atoms with Crippen molar-refractivity contribution < 1.29 is 4.79 Å². The van der Waals surface area contributed by atoms with Gasteiger partial charge in [-0.15, -0.1) is 21.5 Å². The zero-order valence-electron chi connectivity index (χ0n) is 18.6. The van der Waals surface area contributed by atoms with Gasteiger partial charge in [0.25, 0.3) is 5.56 Å². The molecule has 176 valence electrons. The molecular weight excluding hydrogens is 460 g/mol. The number of nitrogens with one attached hydrogen (secondary N) is 1. The largest absolute Gasteiger partial charge is 0.384 e. The van der Waals surface area contributed by atoms with Crippen LogP contribution in [0.25, 0.3) is 0 Å². The molecule has 1 aliphatic rings. The molecule has 3 aromatic rings. The fourth-order valence-corrected chi connectivity index (χ4v) is 5.90. The van der Waals surface area contributed by atoms with Crippen LogP contribution in [0.4, 0.5) is 5.82 Å². The van der Waals surface area contributed by atoms with Gasteiger partial charge in [0, 0.05) is 23.9 Å². The lowest BCUT2D eigenvalue weighted by atomic mass is 9.95. The molecule has 0 aromatic carbocycles.